The minimum absolute atomic E-state index is 0.000949. The van der Waals surface area contributed by atoms with Crippen molar-refractivity contribution in [2.75, 3.05) is 39.1 Å². The van der Waals surface area contributed by atoms with Crippen LogP contribution in [0, 0.1) is 0 Å². The molecule has 1 fully saturated rings. The Morgan fingerprint density at radius 2 is 2.32 bits per heavy atom. The maximum Gasteiger partial charge on any atom is 0.161 e. The van der Waals surface area contributed by atoms with Crippen LogP contribution in [0.1, 0.15) is 31.2 Å². The zero-order valence-electron chi connectivity index (χ0n) is 11.5. The van der Waals surface area contributed by atoms with Crippen LogP contribution in [0.15, 0.2) is 6.07 Å². The molecule has 2 heterocycles. The summed E-state index contributed by atoms with van der Waals surface area (Å²) in [7, 11) is 4.13. The van der Waals surface area contributed by atoms with E-state index in [1.165, 1.54) is 0 Å². The van der Waals surface area contributed by atoms with Crippen LogP contribution in [0.4, 0.5) is 5.82 Å². The first kappa shape index (κ1) is 14.5. The third-order valence-corrected chi connectivity index (χ3v) is 3.21. The molecular weight excluding hydrogens is 264 g/mol. The number of nitrogens with zero attached hydrogens (tertiary/aromatic N) is 3. The van der Waals surface area contributed by atoms with Gasteiger partial charge in [-0.2, -0.15) is 0 Å². The van der Waals surface area contributed by atoms with Gasteiger partial charge in [-0.1, -0.05) is 11.6 Å². The highest BCUT2D eigenvalue weighted by Gasteiger charge is 2.21. The lowest BCUT2D eigenvalue weighted by atomic mass is 10.2. The van der Waals surface area contributed by atoms with Crippen LogP contribution in [-0.4, -0.2) is 48.7 Å². The third-order valence-electron chi connectivity index (χ3n) is 3.02. The fraction of sp³-hybridized carbons (Fsp3) is 0.692. The summed E-state index contributed by atoms with van der Waals surface area (Å²) in [5.41, 5.74) is 0. The topological polar surface area (TPSA) is 50.3 Å². The molecule has 0 bridgehead atoms. The van der Waals surface area contributed by atoms with E-state index in [9.17, 15) is 0 Å². The van der Waals surface area contributed by atoms with E-state index < -0.39 is 0 Å². The van der Waals surface area contributed by atoms with E-state index in [-0.39, 0.29) is 6.10 Å². The quantitative estimate of drug-likeness (QED) is 0.642. The Labute approximate surface area is 119 Å². The van der Waals surface area contributed by atoms with Crippen molar-refractivity contribution >= 4 is 17.4 Å². The molecule has 0 saturated carbocycles. The van der Waals surface area contributed by atoms with Crippen LogP contribution < -0.4 is 5.32 Å². The van der Waals surface area contributed by atoms with E-state index in [4.69, 9.17) is 16.3 Å². The summed E-state index contributed by atoms with van der Waals surface area (Å²) < 4.78 is 5.59. The smallest absolute Gasteiger partial charge is 0.161 e. The molecule has 2 rings (SSSR count). The van der Waals surface area contributed by atoms with Crippen molar-refractivity contribution in [2.45, 2.75) is 25.4 Å². The van der Waals surface area contributed by atoms with Gasteiger partial charge in [-0.3, -0.25) is 0 Å². The van der Waals surface area contributed by atoms with Crippen LogP contribution in [-0.2, 0) is 4.74 Å². The average Bonchev–Trinajstić information content (AvgIpc) is 2.87. The van der Waals surface area contributed by atoms with Crippen LogP contribution >= 0.6 is 11.6 Å². The number of hydrogen-bond acceptors (Lipinski definition) is 5. The van der Waals surface area contributed by atoms with Gasteiger partial charge in [-0.15, -0.1) is 0 Å². The Morgan fingerprint density at radius 3 is 3.00 bits per heavy atom. The largest absolute Gasteiger partial charge is 0.370 e. The molecule has 5 nitrogen and oxygen atoms in total. The number of halogens is 1. The van der Waals surface area contributed by atoms with Crippen LogP contribution in [0.3, 0.4) is 0 Å². The fourth-order valence-corrected chi connectivity index (χ4v) is 2.25. The standard InChI is InChI=1S/C13H21ClN4O/c1-18(2)7-4-6-15-12-9-11(14)16-13(17-12)10-5-3-8-19-10/h9-10H,3-8H2,1-2H3,(H,15,16,17). The van der Waals surface area contributed by atoms with Crippen molar-refractivity contribution < 1.29 is 4.74 Å². The summed E-state index contributed by atoms with van der Waals surface area (Å²) in [6.07, 6.45) is 3.09. The lowest BCUT2D eigenvalue weighted by Crippen LogP contribution is -2.17. The van der Waals surface area contributed by atoms with Crippen molar-refractivity contribution in [3.8, 4) is 0 Å². The predicted molar refractivity (Wildman–Crippen MR) is 76.6 cm³/mol. The minimum atomic E-state index is 0.000949. The normalized spacial score (nSPS) is 19.1. The maximum absolute atomic E-state index is 6.04. The van der Waals surface area contributed by atoms with Crippen LogP contribution in [0.5, 0.6) is 0 Å². The van der Waals surface area contributed by atoms with Gasteiger partial charge in [0.25, 0.3) is 0 Å². The van der Waals surface area contributed by atoms with Gasteiger partial charge >= 0.3 is 0 Å². The molecule has 1 N–H and O–H groups in total. The highest BCUT2D eigenvalue weighted by atomic mass is 35.5. The molecule has 1 saturated heterocycles. The number of aromatic nitrogens is 2. The van der Waals surface area contributed by atoms with Gasteiger partial charge in [0.15, 0.2) is 5.82 Å². The number of nitrogens with one attached hydrogen (secondary N) is 1. The summed E-state index contributed by atoms with van der Waals surface area (Å²) in [6.45, 7) is 2.70. The Hall–Kier alpha value is -0.910. The van der Waals surface area contributed by atoms with Gasteiger partial charge in [0.05, 0.1) is 0 Å². The first-order valence-electron chi connectivity index (χ1n) is 6.70. The lowest BCUT2D eigenvalue weighted by Gasteiger charge is -2.12. The van der Waals surface area contributed by atoms with Crippen molar-refractivity contribution in [2.24, 2.45) is 0 Å². The zero-order chi connectivity index (χ0) is 13.7. The van der Waals surface area contributed by atoms with E-state index in [0.29, 0.717) is 11.0 Å². The molecule has 1 unspecified atom stereocenters. The summed E-state index contributed by atoms with van der Waals surface area (Å²) >= 11 is 6.04. The van der Waals surface area contributed by atoms with E-state index in [2.05, 4.69) is 34.3 Å². The Balaban J connectivity index is 1.92. The number of hydrogen-bond donors (Lipinski definition) is 1. The Morgan fingerprint density at radius 1 is 1.47 bits per heavy atom. The predicted octanol–water partition coefficient (Wildman–Crippen LogP) is 2.35. The third kappa shape index (κ3) is 4.60. The maximum atomic E-state index is 6.04. The second-order valence-corrected chi connectivity index (χ2v) is 5.41. The molecule has 0 amide bonds. The molecule has 19 heavy (non-hydrogen) atoms. The van der Waals surface area contributed by atoms with Gasteiger partial charge in [0.2, 0.25) is 0 Å². The Kier molecular flexibility index (Phi) is 5.36. The molecule has 6 heteroatoms. The van der Waals surface area contributed by atoms with Crippen LogP contribution in [0.2, 0.25) is 5.15 Å². The molecule has 106 valence electrons. The van der Waals surface area contributed by atoms with Gasteiger partial charge in [0, 0.05) is 19.2 Å². The monoisotopic (exact) mass is 284 g/mol. The molecule has 1 aromatic heterocycles. The van der Waals surface area contributed by atoms with Gasteiger partial charge in [-0.25, -0.2) is 9.97 Å². The number of ether oxygens (including phenoxy) is 1. The number of anilines is 1. The van der Waals surface area contributed by atoms with Gasteiger partial charge in [0.1, 0.15) is 17.1 Å². The van der Waals surface area contributed by atoms with Crippen molar-refractivity contribution in [3.05, 3.63) is 17.0 Å². The molecule has 1 aliphatic rings. The van der Waals surface area contributed by atoms with Crippen LogP contribution in [0.25, 0.3) is 0 Å². The second-order valence-electron chi connectivity index (χ2n) is 5.02. The first-order chi connectivity index (χ1) is 9.15. The summed E-state index contributed by atoms with van der Waals surface area (Å²) in [6, 6.07) is 1.76. The van der Waals surface area contributed by atoms with E-state index in [1.54, 1.807) is 6.07 Å². The molecule has 1 aromatic rings. The highest BCUT2D eigenvalue weighted by molar-refractivity contribution is 6.29. The Bertz CT molecular complexity index is 408. The summed E-state index contributed by atoms with van der Waals surface area (Å²) in [4.78, 5) is 10.9. The fourth-order valence-electron chi connectivity index (χ4n) is 2.06. The van der Waals surface area contributed by atoms with Crippen molar-refractivity contribution in [1.82, 2.24) is 14.9 Å². The van der Waals surface area contributed by atoms with Gasteiger partial charge in [-0.05, 0) is 39.9 Å². The average molecular weight is 285 g/mol. The van der Waals surface area contributed by atoms with E-state index in [0.717, 1.165) is 44.8 Å². The highest BCUT2D eigenvalue weighted by Crippen LogP contribution is 2.27. The van der Waals surface area contributed by atoms with Crippen molar-refractivity contribution in [1.29, 1.82) is 0 Å². The zero-order valence-corrected chi connectivity index (χ0v) is 12.3. The lowest BCUT2D eigenvalue weighted by molar-refractivity contribution is 0.105. The van der Waals surface area contributed by atoms with E-state index >= 15 is 0 Å². The van der Waals surface area contributed by atoms with E-state index in [1.807, 2.05) is 0 Å². The molecule has 0 radical (unpaired) electrons. The second kappa shape index (κ2) is 7.03. The summed E-state index contributed by atoms with van der Waals surface area (Å²) in [5, 5.41) is 3.76. The molecule has 0 aliphatic carbocycles. The minimum Gasteiger partial charge on any atom is -0.370 e. The molecule has 1 aliphatic heterocycles. The number of rotatable bonds is 6. The van der Waals surface area contributed by atoms with Crippen molar-refractivity contribution in [3.63, 3.8) is 0 Å². The molecule has 0 aromatic carbocycles. The van der Waals surface area contributed by atoms with Gasteiger partial charge < -0.3 is 15.0 Å². The SMILES string of the molecule is CN(C)CCCNc1cc(Cl)nc(C2CCCO2)n1. The molecular formula is C13H21ClN4O. The first-order valence-corrected chi connectivity index (χ1v) is 7.07. The summed E-state index contributed by atoms with van der Waals surface area (Å²) in [5.74, 6) is 1.48. The molecule has 1 atom stereocenters. The molecule has 0 spiro atoms.